The van der Waals surface area contributed by atoms with E-state index >= 15 is 0 Å². The van der Waals surface area contributed by atoms with Crippen molar-refractivity contribution < 1.29 is 4.79 Å². The van der Waals surface area contributed by atoms with Gasteiger partial charge in [0.2, 0.25) is 5.91 Å². The van der Waals surface area contributed by atoms with Crippen molar-refractivity contribution in [3.8, 4) is 0 Å². The molecule has 0 spiro atoms. The number of hydrogen-bond donors (Lipinski definition) is 1. The third kappa shape index (κ3) is 4.08. The van der Waals surface area contributed by atoms with Gasteiger partial charge in [-0.2, -0.15) is 0 Å². The van der Waals surface area contributed by atoms with Crippen molar-refractivity contribution in [3.05, 3.63) is 30.3 Å². The molecule has 0 aliphatic rings. The summed E-state index contributed by atoms with van der Waals surface area (Å²) in [4.78, 5) is 11.4. The lowest BCUT2D eigenvalue weighted by Gasteiger charge is -2.06. The molecule has 0 aliphatic carbocycles. The summed E-state index contributed by atoms with van der Waals surface area (Å²) in [5.41, 5.74) is 0.821. The second kappa shape index (κ2) is 5.43. The summed E-state index contributed by atoms with van der Waals surface area (Å²) in [5.74, 6) is 0.654. The van der Waals surface area contributed by atoms with Crippen LogP contribution >= 0.6 is 0 Å². The maximum Gasteiger partial charge on any atom is 0.224 e. The summed E-state index contributed by atoms with van der Waals surface area (Å²) in [5, 5.41) is 2.83. The molecule has 14 heavy (non-hydrogen) atoms. The van der Waals surface area contributed by atoms with E-state index < -0.39 is 0 Å². The van der Waals surface area contributed by atoms with Crippen LogP contribution in [0.25, 0.3) is 0 Å². The lowest BCUT2D eigenvalue weighted by molar-refractivity contribution is -0.116. The number of carbonyl (C=O) groups excluding carboxylic acids is 1. The molecule has 0 saturated carbocycles. The fourth-order valence-electron chi connectivity index (χ4n) is 1.11. The Bertz CT molecular complexity index is 280. The maximum atomic E-state index is 11.4. The Morgan fingerprint density at radius 2 is 2.36 bits per heavy atom. The molecule has 75 valence electrons. The topological polar surface area (TPSA) is 29.1 Å². The van der Waals surface area contributed by atoms with Gasteiger partial charge in [0.1, 0.15) is 0 Å². The summed E-state index contributed by atoms with van der Waals surface area (Å²) in [6, 6.07) is 10.2. The predicted octanol–water partition coefficient (Wildman–Crippen LogP) is 2.86. The summed E-state index contributed by atoms with van der Waals surface area (Å²) < 4.78 is 0. The first-order valence-corrected chi connectivity index (χ1v) is 4.94. The minimum Gasteiger partial charge on any atom is -0.326 e. The van der Waals surface area contributed by atoms with E-state index in [2.05, 4.69) is 25.2 Å². The molecular formula is C12H16NO. The highest BCUT2D eigenvalue weighted by Crippen LogP contribution is 2.08. The minimum atomic E-state index is 0.0818. The lowest BCUT2D eigenvalue weighted by atomic mass is 10.1. The number of benzene rings is 1. The molecule has 0 unspecified atom stereocenters. The van der Waals surface area contributed by atoms with Crippen LogP contribution in [0.2, 0.25) is 0 Å². The van der Waals surface area contributed by atoms with Crippen LogP contribution in [0.3, 0.4) is 0 Å². The standard InChI is InChI=1S/C12H16NO/c1-10(2)8-9-12(14)13-11-6-4-3-5-7-11/h3-4,6-7,10H,8-9H2,1-2H3,(H,13,14). The quantitative estimate of drug-likeness (QED) is 0.777. The van der Waals surface area contributed by atoms with Gasteiger partial charge in [0, 0.05) is 12.1 Å². The molecule has 1 rings (SSSR count). The summed E-state index contributed by atoms with van der Waals surface area (Å²) in [6.45, 7) is 4.23. The van der Waals surface area contributed by atoms with Gasteiger partial charge in [0.05, 0.1) is 0 Å². The molecule has 0 saturated heterocycles. The highest BCUT2D eigenvalue weighted by atomic mass is 16.1. The van der Waals surface area contributed by atoms with Crippen LogP contribution in [0, 0.1) is 12.0 Å². The van der Waals surface area contributed by atoms with Crippen LogP contribution in [0.1, 0.15) is 26.7 Å². The normalized spacial score (nSPS) is 10.2. The van der Waals surface area contributed by atoms with Crippen LogP contribution in [0.5, 0.6) is 0 Å². The Morgan fingerprint density at radius 3 is 2.93 bits per heavy atom. The molecule has 0 fully saturated rings. The summed E-state index contributed by atoms with van der Waals surface area (Å²) in [7, 11) is 0. The van der Waals surface area contributed by atoms with E-state index in [0.29, 0.717) is 12.3 Å². The smallest absolute Gasteiger partial charge is 0.224 e. The Hall–Kier alpha value is -1.31. The van der Waals surface area contributed by atoms with Crippen LogP contribution in [0.4, 0.5) is 5.69 Å². The minimum absolute atomic E-state index is 0.0818. The number of amides is 1. The van der Waals surface area contributed by atoms with Crippen molar-refractivity contribution in [2.75, 3.05) is 5.32 Å². The van der Waals surface area contributed by atoms with Gasteiger partial charge in [-0.3, -0.25) is 4.79 Å². The van der Waals surface area contributed by atoms with Crippen molar-refractivity contribution in [2.45, 2.75) is 26.7 Å². The van der Waals surface area contributed by atoms with Gasteiger partial charge in [-0.15, -0.1) is 0 Å². The van der Waals surface area contributed by atoms with E-state index in [1.165, 1.54) is 0 Å². The van der Waals surface area contributed by atoms with Gasteiger partial charge >= 0.3 is 0 Å². The molecule has 1 aromatic rings. The summed E-state index contributed by atoms with van der Waals surface area (Å²) >= 11 is 0. The molecule has 1 N–H and O–H groups in total. The van der Waals surface area contributed by atoms with E-state index in [-0.39, 0.29) is 5.91 Å². The maximum absolute atomic E-state index is 11.4. The van der Waals surface area contributed by atoms with E-state index in [1.54, 1.807) is 6.07 Å². The van der Waals surface area contributed by atoms with Crippen LogP contribution in [0.15, 0.2) is 24.3 Å². The van der Waals surface area contributed by atoms with Gasteiger partial charge in [-0.05, 0) is 30.5 Å². The molecule has 1 radical (unpaired) electrons. The molecule has 0 atom stereocenters. The van der Waals surface area contributed by atoms with Crippen LogP contribution < -0.4 is 5.32 Å². The zero-order valence-corrected chi connectivity index (χ0v) is 8.71. The second-order valence-corrected chi connectivity index (χ2v) is 3.77. The molecule has 1 amide bonds. The third-order valence-electron chi connectivity index (χ3n) is 1.94. The predicted molar refractivity (Wildman–Crippen MR) is 58.0 cm³/mol. The van der Waals surface area contributed by atoms with Crippen molar-refractivity contribution >= 4 is 11.6 Å². The van der Waals surface area contributed by atoms with Gasteiger partial charge < -0.3 is 5.32 Å². The fourth-order valence-corrected chi connectivity index (χ4v) is 1.11. The van der Waals surface area contributed by atoms with Gasteiger partial charge in [0.25, 0.3) is 0 Å². The van der Waals surface area contributed by atoms with Crippen molar-refractivity contribution in [3.63, 3.8) is 0 Å². The van der Waals surface area contributed by atoms with Crippen LogP contribution in [-0.4, -0.2) is 5.91 Å². The molecule has 2 nitrogen and oxygen atoms in total. The summed E-state index contributed by atoms with van der Waals surface area (Å²) in [6.07, 6.45) is 1.52. The Labute approximate surface area is 85.3 Å². The number of hydrogen-bond acceptors (Lipinski definition) is 1. The number of nitrogens with one attached hydrogen (secondary N) is 1. The molecule has 0 aromatic heterocycles. The fraction of sp³-hybridized carbons (Fsp3) is 0.417. The number of anilines is 1. The first-order chi connectivity index (χ1) is 6.68. The average molecular weight is 190 g/mol. The van der Waals surface area contributed by atoms with Crippen molar-refractivity contribution in [1.82, 2.24) is 0 Å². The number of rotatable bonds is 4. The molecular weight excluding hydrogens is 174 g/mol. The molecule has 2 heteroatoms. The second-order valence-electron chi connectivity index (χ2n) is 3.77. The first-order valence-electron chi connectivity index (χ1n) is 4.94. The van der Waals surface area contributed by atoms with Crippen molar-refractivity contribution in [1.29, 1.82) is 0 Å². The average Bonchev–Trinajstić information content (AvgIpc) is 2.16. The number of carbonyl (C=O) groups is 1. The largest absolute Gasteiger partial charge is 0.326 e. The lowest BCUT2D eigenvalue weighted by Crippen LogP contribution is -2.11. The van der Waals surface area contributed by atoms with Gasteiger partial charge in [-0.1, -0.05) is 26.0 Å². The van der Waals surface area contributed by atoms with E-state index in [4.69, 9.17) is 0 Å². The molecule has 0 aliphatic heterocycles. The van der Waals surface area contributed by atoms with E-state index in [1.807, 2.05) is 18.2 Å². The molecule has 0 heterocycles. The Kier molecular flexibility index (Phi) is 4.17. The Balaban J connectivity index is 2.35. The van der Waals surface area contributed by atoms with Gasteiger partial charge in [0.15, 0.2) is 0 Å². The molecule has 0 bridgehead atoms. The SMILES string of the molecule is CC(C)CCC(=O)Nc1c[c]ccc1. The zero-order chi connectivity index (χ0) is 10.4. The highest BCUT2D eigenvalue weighted by molar-refractivity contribution is 5.90. The zero-order valence-electron chi connectivity index (χ0n) is 8.71. The third-order valence-corrected chi connectivity index (χ3v) is 1.94. The van der Waals surface area contributed by atoms with E-state index in [0.717, 1.165) is 12.1 Å². The molecule has 1 aromatic carbocycles. The van der Waals surface area contributed by atoms with E-state index in [9.17, 15) is 4.79 Å². The van der Waals surface area contributed by atoms with Crippen molar-refractivity contribution in [2.24, 2.45) is 5.92 Å². The first kappa shape index (κ1) is 10.8. The highest BCUT2D eigenvalue weighted by Gasteiger charge is 2.02. The van der Waals surface area contributed by atoms with Gasteiger partial charge in [-0.25, -0.2) is 0 Å². The Morgan fingerprint density at radius 1 is 1.57 bits per heavy atom. The monoisotopic (exact) mass is 190 g/mol. The van der Waals surface area contributed by atoms with Crippen LogP contribution in [-0.2, 0) is 4.79 Å².